The second-order valence-electron chi connectivity index (χ2n) is 7.94. The van der Waals surface area contributed by atoms with E-state index in [1.54, 1.807) is 18.6 Å². The van der Waals surface area contributed by atoms with Crippen LogP contribution in [0.25, 0.3) is 6.08 Å². The van der Waals surface area contributed by atoms with Crippen LogP contribution in [-0.2, 0) is 16.1 Å². The molecule has 0 fully saturated rings. The van der Waals surface area contributed by atoms with E-state index in [1.165, 1.54) is 22.7 Å². The Labute approximate surface area is 209 Å². The van der Waals surface area contributed by atoms with E-state index in [0.29, 0.717) is 26.4 Å². The van der Waals surface area contributed by atoms with Crippen LogP contribution in [0, 0.1) is 0 Å². The molecule has 4 aromatic rings. The summed E-state index contributed by atoms with van der Waals surface area (Å²) >= 11 is 2.80. The number of thiophene rings is 1. The van der Waals surface area contributed by atoms with E-state index in [1.807, 2.05) is 78.2 Å². The zero-order valence-electron chi connectivity index (χ0n) is 19.1. The van der Waals surface area contributed by atoms with Crippen molar-refractivity contribution in [1.82, 2.24) is 4.57 Å². The molecule has 1 unspecified atom stereocenters. The smallest absolute Gasteiger partial charge is 0.338 e. The summed E-state index contributed by atoms with van der Waals surface area (Å²) in [5.74, 6) is 0.234. The first kappa shape index (κ1) is 23.0. The first-order valence-corrected chi connectivity index (χ1v) is 12.7. The molecule has 2 aromatic heterocycles. The van der Waals surface area contributed by atoms with Gasteiger partial charge in [-0.15, -0.1) is 11.3 Å². The fourth-order valence-corrected chi connectivity index (χ4v) is 5.85. The summed E-state index contributed by atoms with van der Waals surface area (Å²) in [6.45, 7) is 1.94. The third-order valence-corrected chi connectivity index (χ3v) is 7.57. The number of fused-ring (bicyclic) bond motifs is 1. The highest BCUT2D eigenvalue weighted by atomic mass is 32.1. The molecule has 0 spiro atoms. The van der Waals surface area contributed by atoms with E-state index in [9.17, 15) is 9.59 Å². The number of carbonyl (C=O) groups excluding carboxylic acids is 1. The highest BCUT2D eigenvalue weighted by Gasteiger charge is 2.34. The number of methoxy groups -OCH3 is 1. The van der Waals surface area contributed by atoms with Gasteiger partial charge in [0.15, 0.2) is 4.80 Å². The molecule has 1 aliphatic rings. The number of allylic oxidation sites excluding steroid dienone is 1. The molecule has 1 aliphatic heterocycles. The fraction of sp³-hybridized carbons (Fsp3) is 0.148. The van der Waals surface area contributed by atoms with Gasteiger partial charge in [-0.05, 0) is 47.7 Å². The van der Waals surface area contributed by atoms with Crippen molar-refractivity contribution in [3.05, 3.63) is 119 Å². The van der Waals surface area contributed by atoms with Crippen molar-refractivity contribution in [1.29, 1.82) is 0 Å². The van der Waals surface area contributed by atoms with Gasteiger partial charge in [0.25, 0.3) is 5.56 Å². The minimum absolute atomic E-state index is 0.147. The molecule has 0 saturated heterocycles. The standard InChI is InChI=1S/C27H22N2O4S2/c1-17-23(26(31)33-16-18-8-4-3-5-9-18)24(21-12-7-13-34-21)29-25(30)22(35-27(29)28-17)15-19-10-6-11-20(14-19)32-2/h3-15,24H,16H2,1-2H3/b22-15-. The van der Waals surface area contributed by atoms with Crippen LogP contribution in [0.5, 0.6) is 5.75 Å². The molecule has 35 heavy (non-hydrogen) atoms. The van der Waals surface area contributed by atoms with E-state index < -0.39 is 12.0 Å². The fourth-order valence-electron chi connectivity index (χ4n) is 3.98. The van der Waals surface area contributed by atoms with Crippen molar-refractivity contribution in [2.24, 2.45) is 4.99 Å². The molecular formula is C27H22N2O4S2. The number of thiazole rings is 1. The molecule has 0 amide bonds. The van der Waals surface area contributed by atoms with Crippen LogP contribution in [0.1, 0.15) is 29.0 Å². The Kier molecular flexibility index (Phi) is 6.48. The number of hydrogen-bond acceptors (Lipinski definition) is 7. The van der Waals surface area contributed by atoms with E-state index in [4.69, 9.17) is 9.47 Å². The maximum Gasteiger partial charge on any atom is 0.338 e. The average molecular weight is 503 g/mol. The Balaban J connectivity index is 1.58. The molecule has 3 heterocycles. The summed E-state index contributed by atoms with van der Waals surface area (Å²) in [7, 11) is 1.61. The summed E-state index contributed by atoms with van der Waals surface area (Å²) in [6, 6.07) is 20.3. The van der Waals surface area contributed by atoms with E-state index in [2.05, 4.69) is 4.99 Å². The van der Waals surface area contributed by atoms with Gasteiger partial charge >= 0.3 is 5.97 Å². The van der Waals surface area contributed by atoms with Crippen LogP contribution < -0.4 is 19.6 Å². The third-order valence-electron chi connectivity index (χ3n) is 5.66. The van der Waals surface area contributed by atoms with Gasteiger partial charge in [-0.25, -0.2) is 9.79 Å². The molecular weight excluding hydrogens is 480 g/mol. The average Bonchev–Trinajstić information content (AvgIpc) is 3.51. The van der Waals surface area contributed by atoms with Gasteiger partial charge in [0.1, 0.15) is 18.4 Å². The lowest BCUT2D eigenvalue weighted by Gasteiger charge is -2.23. The molecule has 6 nitrogen and oxygen atoms in total. The molecule has 0 bridgehead atoms. The minimum atomic E-state index is -0.595. The molecule has 176 valence electrons. The highest BCUT2D eigenvalue weighted by molar-refractivity contribution is 7.10. The van der Waals surface area contributed by atoms with Crippen LogP contribution in [-0.4, -0.2) is 17.6 Å². The lowest BCUT2D eigenvalue weighted by atomic mass is 10.0. The zero-order chi connectivity index (χ0) is 24.4. The van der Waals surface area contributed by atoms with E-state index in [0.717, 1.165) is 16.0 Å². The number of esters is 1. The first-order chi connectivity index (χ1) is 17.0. The van der Waals surface area contributed by atoms with E-state index in [-0.39, 0.29) is 12.2 Å². The Morgan fingerprint density at radius 2 is 1.94 bits per heavy atom. The van der Waals surface area contributed by atoms with Crippen LogP contribution in [0.2, 0.25) is 0 Å². The molecule has 0 saturated carbocycles. The number of aromatic nitrogens is 1. The lowest BCUT2D eigenvalue weighted by Crippen LogP contribution is -2.39. The molecule has 0 N–H and O–H groups in total. The van der Waals surface area contributed by atoms with Crippen molar-refractivity contribution >= 4 is 34.7 Å². The van der Waals surface area contributed by atoms with Crippen molar-refractivity contribution in [3.8, 4) is 5.75 Å². The molecule has 5 rings (SSSR count). The Hall–Kier alpha value is -3.75. The monoisotopic (exact) mass is 502 g/mol. The van der Waals surface area contributed by atoms with Crippen molar-refractivity contribution in [2.45, 2.75) is 19.6 Å². The van der Waals surface area contributed by atoms with Crippen molar-refractivity contribution < 1.29 is 14.3 Å². The van der Waals surface area contributed by atoms with Gasteiger partial charge in [0.05, 0.1) is 22.9 Å². The largest absolute Gasteiger partial charge is 0.497 e. The van der Waals surface area contributed by atoms with Gasteiger partial charge in [-0.2, -0.15) is 0 Å². The minimum Gasteiger partial charge on any atom is -0.497 e. The number of hydrogen-bond donors (Lipinski definition) is 0. The molecule has 2 aromatic carbocycles. The van der Waals surface area contributed by atoms with Gasteiger partial charge < -0.3 is 9.47 Å². The molecule has 0 aliphatic carbocycles. The number of ether oxygens (including phenoxy) is 2. The second kappa shape index (κ2) is 9.85. The molecule has 0 radical (unpaired) electrons. The SMILES string of the molecule is COc1cccc(/C=c2\sc3n(c2=O)C(c2cccs2)C(C(=O)OCc2ccccc2)=C(C)N=3)c1. The summed E-state index contributed by atoms with van der Waals surface area (Å²) in [6.07, 6.45) is 1.82. The van der Waals surface area contributed by atoms with Crippen LogP contribution in [0.4, 0.5) is 0 Å². The zero-order valence-corrected chi connectivity index (χ0v) is 20.8. The van der Waals surface area contributed by atoms with Crippen molar-refractivity contribution in [2.75, 3.05) is 7.11 Å². The molecule has 8 heteroatoms. The Morgan fingerprint density at radius 3 is 2.69 bits per heavy atom. The molecule has 1 atom stereocenters. The number of nitrogens with zero attached hydrogens (tertiary/aromatic N) is 2. The van der Waals surface area contributed by atoms with Crippen molar-refractivity contribution in [3.63, 3.8) is 0 Å². The quantitative estimate of drug-likeness (QED) is 0.373. The number of carbonyl (C=O) groups is 1. The maximum absolute atomic E-state index is 13.6. The van der Waals surface area contributed by atoms with E-state index >= 15 is 0 Å². The second-order valence-corrected chi connectivity index (χ2v) is 9.92. The summed E-state index contributed by atoms with van der Waals surface area (Å²) in [4.78, 5) is 33.0. The lowest BCUT2D eigenvalue weighted by molar-refractivity contribution is -0.140. The summed E-state index contributed by atoms with van der Waals surface area (Å²) in [5, 5.41) is 1.93. The van der Waals surface area contributed by atoms with Gasteiger partial charge in [0, 0.05) is 4.88 Å². The Morgan fingerprint density at radius 1 is 1.11 bits per heavy atom. The summed E-state index contributed by atoms with van der Waals surface area (Å²) in [5.41, 5.74) is 2.47. The third kappa shape index (κ3) is 4.62. The predicted molar refractivity (Wildman–Crippen MR) is 137 cm³/mol. The van der Waals surface area contributed by atoms with Gasteiger partial charge in [0.2, 0.25) is 0 Å². The summed E-state index contributed by atoms with van der Waals surface area (Å²) < 4.78 is 13.1. The Bertz CT molecular complexity index is 1580. The number of benzene rings is 2. The number of rotatable bonds is 6. The topological polar surface area (TPSA) is 69.9 Å². The highest BCUT2D eigenvalue weighted by Crippen LogP contribution is 2.33. The van der Waals surface area contributed by atoms with Gasteiger partial charge in [-0.1, -0.05) is 59.9 Å². The normalized spacial score (nSPS) is 15.5. The maximum atomic E-state index is 13.6. The first-order valence-electron chi connectivity index (χ1n) is 11.0. The van der Waals surface area contributed by atoms with Gasteiger partial charge in [-0.3, -0.25) is 9.36 Å². The van der Waals surface area contributed by atoms with Crippen LogP contribution >= 0.6 is 22.7 Å². The van der Waals surface area contributed by atoms with Crippen LogP contribution in [0.15, 0.2) is 93.2 Å². The van der Waals surface area contributed by atoms with Crippen LogP contribution in [0.3, 0.4) is 0 Å². The predicted octanol–water partition coefficient (Wildman–Crippen LogP) is 4.05.